The molecule has 0 saturated heterocycles. The molecule has 0 saturated carbocycles. The summed E-state index contributed by atoms with van der Waals surface area (Å²) in [5.41, 5.74) is 1.56. The Bertz CT molecular complexity index is 515. The van der Waals surface area contributed by atoms with E-state index in [0.717, 1.165) is 5.56 Å². The van der Waals surface area contributed by atoms with Gasteiger partial charge in [-0.05, 0) is 25.3 Å². The highest BCUT2D eigenvalue weighted by molar-refractivity contribution is 5.78. The molecule has 1 aromatic carbocycles. The van der Waals surface area contributed by atoms with Gasteiger partial charge >= 0.3 is 0 Å². The van der Waals surface area contributed by atoms with Crippen LogP contribution in [0.25, 0.3) is 0 Å². The Labute approximate surface area is 125 Å². The maximum absolute atomic E-state index is 11.7. The van der Waals surface area contributed by atoms with Crippen LogP contribution in [0.3, 0.4) is 0 Å². The van der Waals surface area contributed by atoms with Gasteiger partial charge in [-0.25, -0.2) is 0 Å². The molecule has 1 aromatic rings. The highest BCUT2D eigenvalue weighted by Crippen LogP contribution is 2.20. The number of nitro benzene ring substituents is 1. The average Bonchev–Trinajstić information content (AvgIpc) is 2.40. The van der Waals surface area contributed by atoms with Crippen molar-refractivity contribution in [1.82, 2.24) is 10.6 Å². The molecule has 0 aliphatic carbocycles. The van der Waals surface area contributed by atoms with Crippen LogP contribution in [0.1, 0.15) is 31.9 Å². The minimum atomic E-state index is -0.393. The van der Waals surface area contributed by atoms with Crippen molar-refractivity contribution in [2.75, 3.05) is 6.54 Å². The van der Waals surface area contributed by atoms with E-state index >= 15 is 0 Å². The monoisotopic (exact) mass is 293 g/mol. The summed E-state index contributed by atoms with van der Waals surface area (Å²) in [6.45, 7) is 8.40. The minimum absolute atomic E-state index is 0.0701. The number of carbonyl (C=O) groups is 1. The summed E-state index contributed by atoms with van der Waals surface area (Å²) >= 11 is 0. The highest BCUT2D eigenvalue weighted by atomic mass is 16.6. The molecule has 0 bridgehead atoms. The first-order valence-corrected chi connectivity index (χ1v) is 7.06. The van der Waals surface area contributed by atoms with E-state index in [2.05, 4.69) is 10.6 Å². The van der Waals surface area contributed by atoms with Crippen LogP contribution in [0, 0.1) is 23.0 Å². The summed E-state index contributed by atoms with van der Waals surface area (Å²) in [6.07, 6.45) is 0. The molecule has 0 heterocycles. The van der Waals surface area contributed by atoms with Gasteiger partial charge in [-0.15, -0.1) is 0 Å². The van der Waals surface area contributed by atoms with Crippen molar-refractivity contribution in [2.24, 2.45) is 5.92 Å². The third kappa shape index (κ3) is 5.15. The van der Waals surface area contributed by atoms with Gasteiger partial charge in [0, 0.05) is 24.2 Å². The summed E-state index contributed by atoms with van der Waals surface area (Å²) in [5.74, 6) is 0.312. The predicted octanol–water partition coefficient (Wildman–Crippen LogP) is 2.15. The quantitative estimate of drug-likeness (QED) is 0.596. The van der Waals surface area contributed by atoms with Gasteiger partial charge in [0.15, 0.2) is 0 Å². The van der Waals surface area contributed by atoms with Gasteiger partial charge in [0.2, 0.25) is 5.91 Å². The van der Waals surface area contributed by atoms with Crippen LogP contribution in [0.2, 0.25) is 0 Å². The number of carbonyl (C=O) groups excluding carboxylic acids is 1. The van der Waals surface area contributed by atoms with E-state index in [0.29, 0.717) is 18.0 Å². The third-order valence-electron chi connectivity index (χ3n) is 3.60. The molecule has 1 unspecified atom stereocenters. The number of rotatable bonds is 7. The van der Waals surface area contributed by atoms with Crippen molar-refractivity contribution in [1.29, 1.82) is 0 Å². The molecule has 6 heteroatoms. The number of hydrogen-bond donors (Lipinski definition) is 2. The van der Waals surface area contributed by atoms with Gasteiger partial charge in [-0.2, -0.15) is 0 Å². The van der Waals surface area contributed by atoms with Crippen molar-refractivity contribution in [3.05, 3.63) is 39.4 Å². The Morgan fingerprint density at radius 2 is 2.00 bits per heavy atom. The number of nitro groups is 1. The Balaban J connectivity index is 2.52. The van der Waals surface area contributed by atoms with Crippen LogP contribution in [-0.2, 0) is 11.3 Å². The number of hydrogen-bond acceptors (Lipinski definition) is 4. The zero-order valence-electron chi connectivity index (χ0n) is 13.0. The number of amides is 1. The van der Waals surface area contributed by atoms with Gasteiger partial charge in [-0.1, -0.05) is 26.0 Å². The fourth-order valence-electron chi connectivity index (χ4n) is 1.84. The van der Waals surface area contributed by atoms with Crippen LogP contribution in [0.5, 0.6) is 0 Å². The summed E-state index contributed by atoms with van der Waals surface area (Å²) in [6, 6.07) is 5.09. The lowest BCUT2D eigenvalue weighted by Gasteiger charge is -2.17. The van der Waals surface area contributed by atoms with E-state index in [1.54, 1.807) is 13.0 Å². The van der Waals surface area contributed by atoms with Crippen LogP contribution in [0.15, 0.2) is 18.2 Å². The normalized spacial score (nSPS) is 12.2. The van der Waals surface area contributed by atoms with E-state index in [1.807, 2.05) is 26.8 Å². The molecule has 1 rings (SSSR count). The lowest BCUT2D eigenvalue weighted by atomic mass is 10.1. The predicted molar refractivity (Wildman–Crippen MR) is 82.0 cm³/mol. The van der Waals surface area contributed by atoms with E-state index in [9.17, 15) is 14.9 Å². The van der Waals surface area contributed by atoms with Crippen LogP contribution < -0.4 is 10.6 Å². The molecular formula is C15H23N3O3. The smallest absolute Gasteiger partial charge is 0.272 e. The first-order valence-electron chi connectivity index (χ1n) is 7.06. The molecule has 0 radical (unpaired) electrons. The Hall–Kier alpha value is -1.95. The maximum Gasteiger partial charge on any atom is 0.272 e. The molecule has 1 amide bonds. The van der Waals surface area contributed by atoms with E-state index in [-0.39, 0.29) is 24.2 Å². The number of benzene rings is 1. The van der Waals surface area contributed by atoms with Crippen molar-refractivity contribution in [3.63, 3.8) is 0 Å². The first-order chi connectivity index (χ1) is 9.82. The molecule has 116 valence electrons. The van der Waals surface area contributed by atoms with Crippen LogP contribution >= 0.6 is 0 Å². The number of nitrogens with one attached hydrogen (secondary N) is 2. The Morgan fingerprint density at radius 3 is 2.57 bits per heavy atom. The van der Waals surface area contributed by atoms with Gasteiger partial charge in [0.1, 0.15) is 0 Å². The summed E-state index contributed by atoms with van der Waals surface area (Å²) in [7, 11) is 0. The van der Waals surface area contributed by atoms with E-state index in [4.69, 9.17) is 0 Å². The second-order valence-corrected chi connectivity index (χ2v) is 5.52. The van der Waals surface area contributed by atoms with Gasteiger partial charge in [0.25, 0.3) is 5.69 Å². The highest BCUT2D eigenvalue weighted by Gasteiger charge is 2.14. The molecule has 0 aromatic heterocycles. The molecule has 6 nitrogen and oxygen atoms in total. The fraction of sp³-hybridized carbons (Fsp3) is 0.533. The second kappa shape index (κ2) is 7.73. The Morgan fingerprint density at radius 1 is 1.33 bits per heavy atom. The van der Waals surface area contributed by atoms with Crippen LogP contribution in [-0.4, -0.2) is 23.4 Å². The van der Waals surface area contributed by atoms with Gasteiger partial charge in [0.05, 0.1) is 11.5 Å². The Kier molecular flexibility index (Phi) is 6.30. The first kappa shape index (κ1) is 17.1. The summed E-state index contributed by atoms with van der Waals surface area (Å²) < 4.78 is 0. The van der Waals surface area contributed by atoms with Gasteiger partial charge in [-0.3, -0.25) is 14.9 Å². The third-order valence-corrected chi connectivity index (χ3v) is 3.60. The second-order valence-electron chi connectivity index (χ2n) is 5.52. The van der Waals surface area contributed by atoms with E-state index < -0.39 is 4.92 Å². The lowest BCUT2D eigenvalue weighted by Crippen LogP contribution is -2.41. The van der Waals surface area contributed by atoms with Crippen molar-refractivity contribution in [2.45, 2.75) is 40.3 Å². The topological polar surface area (TPSA) is 84.3 Å². The summed E-state index contributed by atoms with van der Waals surface area (Å²) in [5, 5.41) is 16.8. The standard InChI is InChI=1S/C15H23N3O3/c1-10(2)12(4)17-15(19)9-16-8-13-6-5-7-14(11(13)3)18(20)21/h5-7,10,12,16H,8-9H2,1-4H3,(H,17,19). The van der Waals surface area contributed by atoms with Crippen LogP contribution in [0.4, 0.5) is 5.69 Å². The van der Waals surface area contributed by atoms with Crippen molar-refractivity contribution >= 4 is 11.6 Å². The molecular weight excluding hydrogens is 270 g/mol. The lowest BCUT2D eigenvalue weighted by molar-refractivity contribution is -0.385. The van der Waals surface area contributed by atoms with E-state index in [1.165, 1.54) is 6.07 Å². The molecule has 2 N–H and O–H groups in total. The minimum Gasteiger partial charge on any atom is -0.352 e. The molecule has 0 aliphatic heterocycles. The zero-order chi connectivity index (χ0) is 16.0. The SMILES string of the molecule is Cc1c(CNCC(=O)NC(C)C(C)C)cccc1[N+](=O)[O-]. The molecule has 21 heavy (non-hydrogen) atoms. The largest absolute Gasteiger partial charge is 0.352 e. The zero-order valence-corrected chi connectivity index (χ0v) is 13.0. The fourth-order valence-corrected chi connectivity index (χ4v) is 1.84. The molecule has 0 aliphatic rings. The molecule has 0 spiro atoms. The maximum atomic E-state index is 11.7. The average molecular weight is 293 g/mol. The number of nitrogens with zero attached hydrogens (tertiary/aromatic N) is 1. The molecule has 0 fully saturated rings. The molecule has 1 atom stereocenters. The van der Waals surface area contributed by atoms with Gasteiger partial charge < -0.3 is 10.6 Å². The summed E-state index contributed by atoms with van der Waals surface area (Å²) in [4.78, 5) is 22.2. The van der Waals surface area contributed by atoms with Crippen molar-refractivity contribution in [3.8, 4) is 0 Å². The van der Waals surface area contributed by atoms with Crippen molar-refractivity contribution < 1.29 is 9.72 Å².